The number of fused-ring (bicyclic) bond motifs is 1. The largest absolute Gasteiger partial charge is 0.347 e. The third kappa shape index (κ3) is 5.57. The van der Waals surface area contributed by atoms with E-state index in [9.17, 15) is 14.4 Å². The Hall–Kier alpha value is -3.35. The van der Waals surface area contributed by atoms with Crippen molar-refractivity contribution in [2.75, 3.05) is 14.1 Å². The Balaban J connectivity index is 1.55. The fraction of sp³-hybridized carbons (Fsp3) is 0.318. The molecular weight excluding hydrogens is 368 g/mol. The van der Waals surface area contributed by atoms with E-state index in [-0.39, 0.29) is 17.5 Å². The number of H-pyrrole nitrogens is 2. The second kappa shape index (κ2) is 9.23. The van der Waals surface area contributed by atoms with Crippen LogP contribution in [0.15, 0.2) is 53.3 Å². The number of hydrogen-bond acceptors (Lipinski definition) is 3. The minimum absolute atomic E-state index is 0.121. The Morgan fingerprint density at radius 2 is 1.72 bits per heavy atom. The molecule has 0 radical (unpaired) electrons. The molecule has 29 heavy (non-hydrogen) atoms. The quantitative estimate of drug-likeness (QED) is 0.545. The number of aromatic nitrogens is 2. The van der Waals surface area contributed by atoms with Crippen molar-refractivity contribution in [1.29, 1.82) is 0 Å². The van der Waals surface area contributed by atoms with Crippen LogP contribution in [0.25, 0.3) is 11.0 Å². The van der Waals surface area contributed by atoms with Crippen LogP contribution < -0.4 is 11.0 Å². The number of imidazole rings is 1. The lowest BCUT2D eigenvalue weighted by Crippen LogP contribution is -2.47. The summed E-state index contributed by atoms with van der Waals surface area (Å²) in [6, 6.07) is 14.8. The number of nitrogens with zero attached hydrogens (tertiary/aromatic N) is 1. The van der Waals surface area contributed by atoms with Crippen LogP contribution in [-0.2, 0) is 22.4 Å². The van der Waals surface area contributed by atoms with E-state index in [1.54, 1.807) is 14.1 Å². The molecule has 1 atom stereocenters. The van der Waals surface area contributed by atoms with Crippen LogP contribution in [0, 0.1) is 0 Å². The number of aromatic amines is 2. The molecule has 3 aromatic rings. The van der Waals surface area contributed by atoms with E-state index in [0.717, 1.165) is 22.2 Å². The first-order valence-electron chi connectivity index (χ1n) is 9.68. The van der Waals surface area contributed by atoms with Crippen LogP contribution in [0.2, 0.25) is 0 Å². The van der Waals surface area contributed by atoms with Crippen LogP contribution in [0.4, 0.5) is 0 Å². The van der Waals surface area contributed by atoms with Crippen molar-refractivity contribution >= 4 is 22.8 Å². The molecule has 0 aliphatic rings. The van der Waals surface area contributed by atoms with Crippen molar-refractivity contribution in [1.82, 2.24) is 20.2 Å². The minimum Gasteiger partial charge on any atom is -0.347 e. The number of carbonyl (C=O) groups is 2. The molecule has 0 aliphatic carbocycles. The summed E-state index contributed by atoms with van der Waals surface area (Å²) >= 11 is 0. The van der Waals surface area contributed by atoms with Crippen molar-refractivity contribution in [3.63, 3.8) is 0 Å². The number of aryl methyl sites for hydroxylation is 1. The van der Waals surface area contributed by atoms with Gasteiger partial charge in [-0.15, -0.1) is 0 Å². The Bertz CT molecular complexity index is 1040. The van der Waals surface area contributed by atoms with Gasteiger partial charge in [-0.2, -0.15) is 0 Å². The highest BCUT2D eigenvalue weighted by Gasteiger charge is 2.22. The highest BCUT2D eigenvalue weighted by Crippen LogP contribution is 2.13. The SMILES string of the molecule is CN(C)C(=O)[C@@H](Cc1ccccc1)NC(=O)CCCc1ccc2[nH]c(=O)[nH]c2c1. The molecule has 2 amide bonds. The van der Waals surface area contributed by atoms with Crippen LogP contribution in [-0.4, -0.2) is 46.8 Å². The first-order chi connectivity index (χ1) is 13.9. The Labute approximate surface area is 169 Å². The number of likely N-dealkylation sites (N-methyl/N-ethyl adjacent to an activating group) is 1. The van der Waals surface area contributed by atoms with E-state index in [1.165, 1.54) is 4.90 Å². The fourth-order valence-corrected chi connectivity index (χ4v) is 3.32. The lowest BCUT2D eigenvalue weighted by molar-refractivity contribution is -0.134. The summed E-state index contributed by atoms with van der Waals surface area (Å²) in [6.45, 7) is 0. The lowest BCUT2D eigenvalue weighted by atomic mass is 10.0. The van der Waals surface area contributed by atoms with Crippen LogP contribution in [0.1, 0.15) is 24.0 Å². The van der Waals surface area contributed by atoms with Gasteiger partial charge in [-0.05, 0) is 36.1 Å². The monoisotopic (exact) mass is 394 g/mol. The highest BCUT2D eigenvalue weighted by molar-refractivity contribution is 5.87. The Morgan fingerprint density at radius 1 is 1.00 bits per heavy atom. The van der Waals surface area contributed by atoms with Gasteiger partial charge in [0.1, 0.15) is 6.04 Å². The fourth-order valence-electron chi connectivity index (χ4n) is 3.32. The zero-order valence-electron chi connectivity index (χ0n) is 16.7. The van der Waals surface area contributed by atoms with Gasteiger partial charge in [-0.3, -0.25) is 9.59 Å². The average Bonchev–Trinajstić information content (AvgIpc) is 3.07. The molecule has 2 aromatic carbocycles. The molecule has 0 bridgehead atoms. The standard InChI is InChI=1S/C22H26N4O3/c1-26(2)21(28)19(14-15-7-4-3-5-8-15)23-20(27)10-6-9-16-11-12-17-18(13-16)25-22(29)24-17/h3-5,7-8,11-13,19H,6,9-10,14H2,1-2H3,(H,23,27)(H2,24,25,29)/t19-/m1/s1. The summed E-state index contributed by atoms with van der Waals surface area (Å²) in [6.07, 6.45) is 2.15. The van der Waals surface area contributed by atoms with Crippen LogP contribution in [0.3, 0.4) is 0 Å². The van der Waals surface area contributed by atoms with Crippen molar-refractivity contribution in [2.24, 2.45) is 0 Å². The van der Waals surface area contributed by atoms with E-state index in [4.69, 9.17) is 0 Å². The Morgan fingerprint density at radius 3 is 2.45 bits per heavy atom. The summed E-state index contributed by atoms with van der Waals surface area (Å²) in [5.41, 5.74) is 3.35. The smallest absolute Gasteiger partial charge is 0.323 e. The summed E-state index contributed by atoms with van der Waals surface area (Å²) in [5.74, 6) is -0.263. The van der Waals surface area contributed by atoms with E-state index >= 15 is 0 Å². The van der Waals surface area contributed by atoms with E-state index in [2.05, 4.69) is 15.3 Å². The van der Waals surface area contributed by atoms with Crippen LogP contribution >= 0.6 is 0 Å². The number of rotatable bonds is 8. The van der Waals surface area contributed by atoms with Gasteiger partial charge in [-0.1, -0.05) is 36.4 Å². The maximum Gasteiger partial charge on any atom is 0.323 e. The van der Waals surface area contributed by atoms with Gasteiger partial charge in [0.15, 0.2) is 0 Å². The van der Waals surface area contributed by atoms with Gasteiger partial charge in [0.05, 0.1) is 11.0 Å². The van der Waals surface area contributed by atoms with Crippen molar-refractivity contribution in [3.05, 3.63) is 70.1 Å². The number of hydrogen-bond donors (Lipinski definition) is 3. The number of nitrogens with one attached hydrogen (secondary N) is 3. The molecule has 0 saturated carbocycles. The number of amides is 2. The molecule has 0 aliphatic heterocycles. The molecule has 1 aromatic heterocycles. The number of carbonyl (C=O) groups excluding carboxylic acids is 2. The second-order valence-electron chi connectivity index (χ2n) is 7.36. The normalized spacial score (nSPS) is 11.9. The molecule has 7 nitrogen and oxygen atoms in total. The molecule has 3 N–H and O–H groups in total. The van der Waals surface area contributed by atoms with Gasteiger partial charge in [0, 0.05) is 26.9 Å². The van der Waals surface area contributed by atoms with Crippen molar-refractivity contribution in [3.8, 4) is 0 Å². The molecule has 1 heterocycles. The van der Waals surface area contributed by atoms with Gasteiger partial charge in [-0.25, -0.2) is 4.79 Å². The molecule has 0 fully saturated rings. The molecule has 0 unspecified atom stereocenters. The van der Waals surface area contributed by atoms with E-state index < -0.39 is 6.04 Å². The third-order valence-corrected chi connectivity index (χ3v) is 4.81. The first-order valence-corrected chi connectivity index (χ1v) is 9.68. The van der Waals surface area contributed by atoms with Gasteiger partial charge in [0.25, 0.3) is 0 Å². The molecule has 3 rings (SSSR count). The lowest BCUT2D eigenvalue weighted by Gasteiger charge is -2.22. The van der Waals surface area contributed by atoms with Crippen LogP contribution in [0.5, 0.6) is 0 Å². The Kier molecular flexibility index (Phi) is 6.49. The minimum atomic E-state index is -0.582. The predicted octanol–water partition coefficient (Wildman–Crippen LogP) is 1.99. The molecule has 152 valence electrons. The molecular formula is C22H26N4O3. The van der Waals surface area contributed by atoms with Gasteiger partial charge in [0.2, 0.25) is 11.8 Å². The first kappa shape index (κ1) is 20.4. The zero-order valence-corrected chi connectivity index (χ0v) is 16.7. The average molecular weight is 394 g/mol. The van der Waals surface area contributed by atoms with E-state index in [0.29, 0.717) is 25.7 Å². The molecule has 0 spiro atoms. The summed E-state index contributed by atoms with van der Waals surface area (Å²) in [4.78, 5) is 43.2. The summed E-state index contributed by atoms with van der Waals surface area (Å²) < 4.78 is 0. The van der Waals surface area contributed by atoms with Crippen molar-refractivity contribution in [2.45, 2.75) is 31.7 Å². The second-order valence-corrected chi connectivity index (χ2v) is 7.36. The highest BCUT2D eigenvalue weighted by atomic mass is 16.2. The summed E-state index contributed by atoms with van der Waals surface area (Å²) in [7, 11) is 3.38. The molecule has 0 saturated heterocycles. The third-order valence-electron chi connectivity index (χ3n) is 4.81. The predicted molar refractivity (Wildman–Crippen MR) is 113 cm³/mol. The number of benzene rings is 2. The molecule has 7 heteroatoms. The topological polar surface area (TPSA) is 98.1 Å². The maximum absolute atomic E-state index is 12.5. The zero-order chi connectivity index (χ0) is 20.8. The van der Waals surface area contributed by atoms with Crippen molar-refractivity contribution < 1.29 is 9.59 Å². The summed E-state index contributed by atoms with van der Waals surface area (Å²) in [5, 5.41) is 2.88. The maximum atomic E-state index is 12.5. The van der Waals surface area contributed by atoms with Gasteiger partial charge < -0.3 is 20.2 Å². The van der Waals surface area contributed by atoms with E-state index in [1.807, 2.05) is 48.5 Å². The van der Waals surface area contributed by atoms with Gasteiger partial charge >= 0.3 is 5.69 Å².